The first-order valence-corrected chi connectivity index (χ1v) is 9.53. The zero-order valence-corrected chi connectivity index (χ0v) is 15.1. The van der Waals surface area contributed by atoms with E-state index in [9.17, 15) is 0 Å². The van der Waals surface area contributed by atoms with Crippen molar-refractivity contribution in [1.82, 2.24) is 9.80 Å². The van der Waals surface area contributed by atoms with Crippen LogP contribution in [-0.2, 0) is 17.7 Å². The molecule has 0 saturated carbocycles. The summed E-state index contributed by atoms with van der Waals surface area (Å²) in [5.74, 6) is 1.04. The first kappa shape index (κ1) is 17.7. The normalized spacial score (nSPS) is 20.2. The number of ether oxygens (including phenoxy) is 2. The summed E-state index contributed by atoms with van der Waals surface area (Å²) >= 11 is 0. The summed E-state index contributed by atoms with van der Waals surface area (Å²) in [7, 11) is 1.78. The minimum atomic E-state index is 0.891. The second-order valence-corrected chi connectivity index (χ2v) is 7.04. The summed E-state index contributed by atoms with van der Waals surface area (Å²) in [6, 6.07) is 6.76. The second-order valence-electron chi connectivity index (χ2n) is 7.04. The Bertz CT molecular complexity index is 494. The quantitative estimate of drug-likeness (QED) is 0.766. The molecule has 0 spiro atoms. The van der Waals surface area contributed by atoms with Crippen molar-refractivity contribution in [2.24, 2.45) is 0 Å². The van der Waals surface area contributed by atoms with E-state index in [-0.39, 0.29) is 0 Å². The lowest BCUT2D eigenvalue weighted by atomic mass is 10.0. The monoisotopic (exact) mass is 332 g/mol. The van der Waals surface area contributed by atoms with Crippen molar-refractivity contribution in [1.29, 1.82) is 0 Å². The lowest BCUT2D eigenvalue weighted by Crippen LogP contribution is -2.36. The van der Waals surface area contributed by atoms with Crippen LogP contribution < -0.4 is 4.74 Å². The Kier molecular flexibility index (Phi) is 6.94. The van der Waals surface area contributed by atoms with Crippen molar-refractivity contribution in [3.8, 4) is 5.75 Å². The van der Waals surface area contributed by atoms with Crippen molar-refractivity contribution < 1.29 is 9.47 Å². The number of piperidine rings is 1. The number of likely N-dealkylation sites (tertiary alicyclic amines) is 1. The Morgan fingerprint density at radius 2 is 1.79 bits per heavy atom. The molecule has 0 unspecified atom stereocenters. The predicted octanol–water partition coefficient (Wildman–Crippen LogP) is 2.95. The molecule has 1 aromatic rings. The molecule has 3 rings (SSSR count). The largest absolute Gasteiger partial charge is 0.496 e. The van der Waals surface area contributed by atoms with E-state index in [0.717, 1.165) is 45.0 Å². The predicted molar refractivity (Wildman–Crippen MR) is 97.7 cm³/mol. The molecule has 2 aliphatic rings. The highest BCUT2D eigenvalue weighted by atomic mass is 16.5. The average Bonchev–Trinajstić information content (AvgIpc) is 2.64. The highest BCUT2D eigenvalue weighted by Gasteiger charge is 2.14. The van der Waals surface area contributed by atoms with Crippen LogP contribution in [0, 0.1) is 0 Å². The van der Waals surface area contributed by atoms with Crippen LogP contribution in [0.2, 0.25) is 0 Å². The number of methoxy groups -OCH3 is 1. The van der Waals surface area contributed by atoms with Gasteiger partial charge < -0.3 is 9.47 Å². The van der Waals surface area contributed by atoms with Gasteiger partial charge in [-0.2, -0.15) is 0 Å². The summed E-state index contributed by atoms with van der Waals surface area (Å²) < 4.78 is 11.0. The SMILES string of the molecule is COc1ccc(CCCN2CCOCC2)cc1CN1CCCCC1. The van der Waals surface area contributed by atoms with Crippen molar-refractivity contribution >= 4 is 0 Å². The summed E-state index contributed by atoms with van der Waals surface area (Å²) in [6.07, 6.45) is 6.42. The molecule has 0 aromatic heterocycles. The van der Waals surface area contributed by atoms with Crippen molar-refractivity contribution in [3.63, 3.8) is 0 Å². The van der Waals surface area contributed by atoms with E-state index in [2.05, 4.69) is 28.0 Å². The van der Waals surface area contributed by atoms with Crippen LogP contribution in [-0.4, -0.2) is 62.8 Å². The number of hydrogen-bond donors (Lipinski definition) is 0. The van der Waals surface area contributed by atoms with Gasteiger partial charge in [-0.15, -0.1) is 0 Å². The van der Waals surface area contributed by atoms with Crippen LogP contribution in [0.4, 0.5) is 0 Å². The lowest BCUT2D eigenvalue weighted by Gasteiger charge is -2.27. The van der Waals surface area contributed by atoms with Gasteiger partial charge >= 0.3 is 0 Å². The van der Waals surface area contributed by atoms with Gasteiger partial charge in [0, 0.05) is 25.2 Å². The maximum absolute atomic E-state index is 5.59. The Labute approximate surface area is 146 Å². The third kappa shape index (κ3) is 5.20. The molecule has 2 heterocycles. The Hall–Kier alpha value is -1.10. The topological polar surface area (TPSA) is 24.9 Å². The van der Waals surface area contributed by atoms with Crippen LogP contribution in [0.15, 0.2) is 18.2 Å². The van der Waals surface area contributed by atoms with Crippen molar-refractivity contribution in [2.45, 2.75) is 38.6 Å². The molecule has 134 valence electrons. The fourth-order valence-corrected chi connectivity index (χ4v) is 3.80. The maximum atomic E-state index is 5.59. The van der Waals surface area contributed by atoms with Gasteiger partial charge in [0.1, 0.15) is 5.75 Å². The van der Waals surface area contributed by atoms with Gasteiger partial charge in [0.25, 0.3) is 0 Å². The first-order valence-electron chi connectivity index (χ1n) is 9.53. The number of nitrogens with zero attached hydrogens (tertiary/aromatic N) is 2. The van der Waals surface area contributed by atoms with E-state index in [0.29, 0.717) is 0 Å². The minimum Gasteiger partial charge on any atom is -0.496 e. The van der Waals surface area contributed by atoms with E-state index < -0.39 is 0 Å². The molecule has 0 atom stereocenters. The van der Waals surface area contributed by atoms with Crippen LogP contribution in [0.3, 0.4) is 0 Å². The van der Waals surface area contributed by atoms with Gasteiger partial charge in [0.15, 0.2) is 0 Å². The summed E-state index contributed by atoms with van der Waals surface area (Å²) in [5, 5.41) is 0. The van der Waals surface area contributed by atoms with Gasteiger partial charge in [0.05, 0.1) is 20.3 Å². The zero-order valence-electron chi connectivity index (χ0n) is 15.1. The average molecular weight is 332 g/mol. The first-order chi connectivity index (χ1) is 11.8. The van der Waals surface area contributed by atoms with E-state index in [4.69, 9.17) is 9.47 Å². The number of rotatable bonds is 7. The standard InChI is InChI=1S/C20H32N2O2/c1-23-20-8-7-18(6-5-11-21-12-14-24-15-13-21)16-19(20)17-22-9-3-2-4-10-22/h7-8,16H,2-6,9-15,17H2,1H3. The molecule has 0 N–H and O–H groups in total. The van der Waals surface area contributed by atoms with E-state index >= 15 is 0 Å². The minimum absolute atomic E-state index is 0.891. The molecular weight excluding hydrogens is 300 g/mol. The van der Waals surface area contributed by atoms with Crippen LogP contribution in [0.25, 0.3) is 0 Å². The van der Waals surface area contributed by atoms with Gasteiger partial charge in [-0.1, -0.05) is 18.6 Å². The molecule has 4 heteroatoms. The number of aryl methyl sites for hydroxylation is 1. The summed E-state index contributed by atoms with van der Waals surface area (Å²) in [6.45, 7) is 8.61. The zero-order chi connectivity index (χ0) is 16.6. The molecule has 0 aliphatic carbocycles. The summed E-state index contributed by atoms with van der Waals surface area (Å²) in [4.78, 5) is 5.08. The Morgan fingerprint density at radius 3 is 2.54 bits per heavy atom. The third-order valence-electron chi connectivity index (χ3n) is 5.23. The smallest absolute Gasteiger partial charge is 0.123 e. The number of benzene rings is 1. The van der Waals surface area contributed by atoms with E-state index in [1.165, 1.54) is 56.4 Å². The van der Waals surface area contributed by atoms with Crippen molar-refractivity contribution in [2.75, 3.05) is 53.0 Å². The van der Waals surface area contributed by atoms with Crippen LogP contribution in [0.1, 0.15) is 36.8 Å². The van der Waals surface area contributed by atoms with Crippen molar-refractivity contribution in [3.05, 3.63) is 29.3 Å². The highest BCUT2D eigenvalue weighted by Crippen LogP contribution is 2.24. The molecule has 0 bridgehead atoms. The molecule has 2 fully saturated rings. The molecule has 4 nitrogen and oxygen atoms in total. The Balaban J connectivity index is 1.53. The van der Waals surface area contributed by atoms with Crippen LogP contribution >= 0.6 is 0 Å². The van der Waals surface area contributed by atoms with Crippen LogP contribution in [0.5, 0.6) is 5.75 Å². The third-order valence-corrected chi connectivity index (χ3v) is 5.23. The van der Waals surface area contributed by atoms with E-state index in [1.807, 2.05) is 0 Å². The number of morpholine rings is 1. The molecule has 1 aromatic carbocycles. The number of hydrogen-bond acceptors (Lipinski definition) is 4. The Morgan fingerprint density at radius 1 is 1.00 bits per heavy atom. The molecule has 2 aliphatic heterocycles. The molecule has 0 radical (unpaired) electrons. The van der Waals surface area contributed by atoms with Gasteiger partial charge in [0.2, 0.25) is 0 Å². The van der Waals surface area contributed by atoms with Gasteiger partial charge in [-0.25, -0.2) is 0 Å². The fourth-order valence-electron chi connectivity index (χ4n) is 3.80. The second kappa shape index (κ2) is 9.40. The molecule has 2 saturated heterocycles. The van der Waals surface area contributed by atoms with Gasteiger partial charge in [-0.3, -0.25) is 9.80 Å². The highest BCUT2D eigenvalue weighted by molar-refractivity contribution is 5.37. The summed E-state index contributed by atoms with van der Waals surface area (Å²) in [5.41, 5.74) is 2.79. The molecular formula is C20H32N2O2. The molecule has 0 amide bonds. The maximum Gasteiger partial charge on any atom is 0.123 e. The fraction of sp³-hybridized carbons (Fsp3) is 0.700. The van der Waals surface area contributed by atoms with E-state index in [1.54, 1.807) is 7.11 Å². The molecule has 24 heavy (non-hydrogen) atoms. The van der Waals surface area contributed by atoms with Gasteiger partial charge in [-0.05, 0) is 56.9 Å². The lowest BCUT2D eigenvalue weighted by molar-refractivity contribution is 0.0374.